The summed E-state index contributed by atoms with van der Waals surface area (Å²) in [7, 11) is 0. The third kappa shape index (κ3) is 7.21. The highest BCUT2D eigenvalue weighted by Crippen LogP contribution is 2.28. The fourth-order valence-corrected chi connectivity index (χ4v) is 3.11. The first-order chi connectivity index (χ1) is 12.0. The van der Waals surface area contributed by atoms with Crippen LogP contribution < -0.4 is 10.6 Å². The Bertz CT molecular complexity index is 445. The molecule has 7 heteroatoms. The predicted molar refractivity (Wildman–Crippen MR) is 119 cm³/mol. The Morgan fingerprint density at radius 3 is 2.31 bits per heavy atom. The van der Waals surface area contributed by atoms with Gasteiger partial charge in [0.1, 0.15) is 0 Å². The fraction of sp³-hybridized carbons (Fsp3) is 0.895. The van der Waals surface area contributed by atoms with Crippen LogP contribution in [0.4, 0.5) is 0 Å². The summed E-state index contributed by atoms with van der Waals surface area (Å²) in [6.45, 7) is 15.0. The van der Waals surface area contributed by atoms with Crippen LogP contribution in [0.15, 0.2) is 4.99 Å². The Morgan fingerprint density at radius 1 is 1.15 bits per heavy atom. The number of piperazine rings is 1. The number of hydrogen-bond donors (Lipinski definition) is 2. The van der Waals surface area contributed by atoms with E-state index in [0.29, 0.717) is 23.8 Å². The maximum Gasteiger partial charge on any atom is 0.225 e. The number of amides is 1. The number of aliphatic imine (C=N–C) groups is 1. The zero-order valence-corrected chi connectivity index (χ0v) is 19.3. The van der Waals surface area contributed by atoms with Crippen molar-refractivity contribution < 1.29 is 4.79 Å². The quantitative estimate of drug-likeness (QED) is 0.334. The molecule has 0 aromatic rings. The van der Waals surface area contributed by atoms with E-state index in [1.807, 2.05) is 0 Å². The van der Waals surface area contributed by atoms with Gasteiger partial charge < -0.3 is 15.5 Å². The van der Waals surface area contributed by atoms with E-state index >= 15 is 0 Å². The second kappa shape index (κ2) is 12.0. The first kappa shape index (κ1) is 23.5. The predicted octanol–water partition coefficient (Wildman–Crippen LogP) is 2.15. The minimum absolute atomic E-state index is 0. The maximum atomic E-state index is 12.3. The Kier molecular flexibility index (Phi) is 10.8. The van der Waals surface area contributed by atoms with Gasteiger partial charge in [0.2, 0.25) is 5.91 Å². The second-order valence-corrected chi connectivity index (χ2v) is 7.73. The Morgan fingerprint density at radius 2 is 1.81 bits per heavy atom. The van der Waals surface area contributed by atoms with Gasteiger partial charge in [-0.25, -0.2) is 0 Å². The number of rotatable bonds is 7. The molecule has 1 aliphatic carbocycles. The number of carbonyl (C=O) groups is 1. The summed E-state index contributed by atoms with van der Waals surface area (Å²) in [6, 6.07) is 0.402. The van der Waals surface area contributed by atoms with E-state index in [1.54, 1.807) is 0 Å². The zero-order chi connectivity index (χ0) is 18.2. The lowest BCUT2D eigenvalue weighted by atomic mass is 9.84. The second-order valence-electron chi connectivity index (χ2n) is 7.73. The van der Waals surface area contributed by atoms with E-state index in [-0.39, 0.29) is 24.0 Å². The van der Waals surface area contributed by atoms with Crippen LogP contribution in [0.2, 0.25) is 0 Å². The SMILES string of the molecule is CCNC(=NCCN1CCN(C(=O)C2CCC2)CC1)NC(C)C(C)C.I. The van der Waals surface area contributed by atoms with Crippen molar-refractivity contribution >= 4 is 35.8 Å². The van der Waals surface area contributed by atoms with Gasteiger partial charge in [0.25, 0.3) is 0 Å². The van der Waals surface area contributed by atoms with Crippen molar-refractivity contribution in [3.05, 3.63) is 0 Å². The van der Waals surface area contributed by atoms with Crippen LogP contribution in [0.25, 0.3) is 0 Å². The summed E-state index contributed by atoms with van der Waals surface area (Å²) in [4.78, 5) is 21.5. The number of halogens is 1. The van der Waals surface area contributed by atoms with Gasteiger partial charge in [-0.05, 0) is 32.6 Å². The van der Waals surface area contributed by atoms with Crippen molar-refractivity contribution in [2.24, 2.45) is 16.8 Å². The van der Waals surface area contributed by atoms with Crippen LogP contribution in [0.3, 0.4) is 0 Å². The van der Waals surface area contributed by atoms with Crippen molar-refractivity contribution in [2.45, 2.75) is 53.0 Å². The van der Waals surface area contributed by atoms with Gasteiger partial charge in [-0.15, -0.1) is 24.0 Å². The lowest BCUT2D eigenvalue weighted by molar-refractivity contribution is -0.139. The number of carbonyl (C=O) groups excluding carboxylic acids is 1. The standard InChI is InChI=1S/C19H37N5O.HI/c1-5-20-19(22-16(4)15(2)3)21-9-10-23-11-13-24(14-12-23)18(25)17-7-6-8-17;/h15-17H,5-14H2,1-4H3,(H2,20,21,22);1H. The molecule has 1 heterocycles. The molecule has 1 saturated heterocycles. The number of guanidine groups is 1. The van der Waals surface area contributed by atoms with Crippen molar-refractivity contribution in [1.29, 1.82) is 0 Å². The normalized spacial score (nSPS) is 20.3. The van der Waals surface area contributed by atoms with Crippen LogP contribution in [-0.4, -0.2) is 73.5 Å². The van der Waals surface area contributed by atoms with E-state index in [0.717, 1.165) is 64.6 Å². The fourth-order valence-electron chi connectivity index (χ4n) is 3.11. The number of nitrogens with zero attached hydrogens (tertiary/aromatic N) is 3. The molecule has 1 aliphatic heterocycles. The molecule has 2 aliphatic rings. The van der Waals surface area contributed by atoms with Gasteiger partial charge in [-0.1, -0.05) is 20.3 Å². The molecule has 0 radical (unpaired) electrons. The van der Waals surface area contributed by atoms with Crippen LogP contribution in [0.5, 0.6) is 0 Å². The van der Waals surface area contributed by atoms with E-state index < -0.39 is 0 Å². The zero-order valence-electron chi connectivity index (χ0n) is 17.0. The summed E-state index contributed by atoms with van der Waals surface area (Å²) in [5.74, 6) is 2.20. The average Bonchev–Trinajstić information content (AvgIpc) is 2.53. The molecule has 2 N–H and O–H groups in total. The van der Waals surface area contributed by atoms with Gasteiger partial charge in [0.15, 0.2) is 5.96 Å². The third-order valence-corrected chi connectivity index (χ3v) is 5.53. The molecule has 2 fully saturated rings. The molecule has 0 spiro atoms. The lowest BCUT2D eigenvalue weighted by Gasteiger charge is -2.38. The van der Waals surface area contributed by atoms with E-state index in [1.165, 1.54) is 6.42 Å². The van der Waals surface area contributed by atoms with Crippen molar-refractivity contribution in [3.8, 4) is 0 Å². The summed E-state index contributed by atoms with van der Waals surface area (Å²) >= 11 is 0. The average molecular weight is 479 g/mol. The number of nitrogens with one attached hydrogen (secondary N) is 2. The summed E-state index contributed by atoms with van der Waals surface area (Å²) < 4.78 is 0. The smallest absolute Gasteiger partial charge is 0.225 e. The largest absolute Gasteiger partial charge is 0.357 e. The first-order valence-corrected chi connectivity index (χ1v) is 10.1. The Labute approximate surface area is 176 Å². The van der Waals surface area contributed by atoms with Crippen molar-refractivity contribution in [1.82, 2.24) is 20.4 Å². The molecule has 152 valence electrons. The molecule has 0 aromatic carbocycles. The molecule has 1 atom stereocenters. The molecule has 1 saturated carbocycles. The first-order valence-electron chi connectivity index (χ1n) is 10.1. The monoisotopic (exact) mass is 479 g/mol. The van der Waals surface area contributed by atoms with Gasteiger partial charge in [0.05, 0.1) is 6.54 Å². The highest BCUT2D eigenvalue weighted by molar-refractivity contribution is 14.0. The highest BCUT2D eigenvalue weighted by atomic mass is 127. The molecular weight excluding hydrogens is 441 g/mol. The molecule has 2 rings (SSSR count). The van der Waals surface area contributed by atoms with Gasteiger partial charge >= 0.3 is 0 Å². The molecule has 1 unspecified atom stereocenters. The lowest BCUT2D eigenvalue weighted by Crippen LogP contribution is -2.51. The molecule has 26 heavy (non-hydrogen) atoms. The van der Waals surface area contributed by atoms with Crippen LogP contribution >= 0.6 is 24.0 Å². The van der Waals surface area contributed by atoms with Crippen LogP contribution in [-0.2, 0) is 4.79 Å². The van der Waals surface area contributed by atoms with E-state index in [9.17, 15) is 4.79 Å². The highest BCUT2D eigenvalue weighted by Gasteiger charge is 2.30. The minimum Gasteiger partial charge on any atom is -0.357 e. The minimum atomic E-state index is 0. The molecule has 6 nitrogen and oxygen atoms in total. The van der Waals surface area contributed by atoms with Gasteiger partial charge in [-0.2, -0.15) is 0 Å². The van der Waals surface area contributed by atoms with Crippen LogP contribution in [0, 0.1) is 11.8 Å². The number of hydrogen-bond acceptors (Lipinski definition) is 3. The van der Waals surface area contributed by atoms with Gasteiger partial charge in [0, 0.05) is 51.2 Å². The van der Waals surface area contributed by atoms with Crippen LogP contribution in [0.1, 0.15) is 47.0 Å². The Hall–Kier alpha value is -0.570. The van der Waals surface area contributed by atoms with Crippen molar-refractivity contribution in [2.75, 3.05) is 45.8 Å². The topological polar surface area (TPSA) is 60.0 Å². The molecule has 0 bridgehead atoms. The third-order valence-electron chi connectivity index (χ3n) is 5.53. The molecule has 0 aromatic heterocycles. The Balaban J connectivity index is 0.00000338. The molecule has 1 amide bonds. The van der Waals surface area contributed by atoms with Crippen molar-refractivity contribution in [3.63, 3.8) is 0 Å². The molecular formula is C19H38IN5O. The summed E-state index contributed by atoms with van der Waals surface area (Å²) in [5.41, 5.74) is 0. The summed E-state index contributed by atoms with van der Waals surface area (Å²) in [5, 5.41) is 6.79. The van der Waals surface area contributed by atoms with E-state index in [2.05, 4.69) is 48.1 Å². The van der Waals surface area contributed by atoms with E-state index in [4.69, 9.17) is 4.99 Å². The summed E-state index contributed by atoms with van der Waals surface area (Å²) in [6.07, 6.45) is 3.43. The maximum absolute atomic E-state index is 12.3. The van der Waals surface area contributed by atoms with Gasteiger partial charge in [-0.3, -0.25) is 14.7 Å².